The molecule has 0 spiro atoms. The number of benzene rings is 3. The number of nitrogens with zero attached hydrogens (tertiary/aromatic N) is 2. The molecule has 6 heteroatoms. The molecule has 0 saturated carbocycles. The van der Waals surface area contributed by atoms with Gasteiger partial charge in [0.15, 0.2) is 8.07 Å². The summed E-state index contributed by atoms with van der Waals surface area (Å²) in [5.41, 5.74) is 1.96. The molecule has 4 nitrogen and oxygen atoms in total. The van der Waals surface area contributed by atoms with Gasteiger partial charge in [0.1, 0.15) is 0 Å². The van der Waals surface area contributed by atoms with Crippen LogP contribution in [0.25, 0.3) is 0 Å². The van der Waals surface area contributed by atoms with Crippen LogP contribution >= 0.6 is 0 Å². The van der Waals surface area contributed by atoms with Crippen molar-refractivity contribution in [2.75, 3.05) is 13.1 Å². The van der Waals surface area contributed by atoms with Crippen molar-refractivity contribution in [3.63, 3.8) is 0 Å². The topological polar surface area (TPSA) is 61.2 Å². The lowest BCUT2D eigenvalue weighted by atomic mass is 10.1. The Morgan fingerprint density at radius 2 is 1.42 bits per heavy atom. The molecule has 1 heterocycles. The van der Waals surface area contributed by atoms with E-state index in [1.165, 1.54) is 10.4 Å². The van der Waals surface area contributed by atoms with Crippen molar-refractivity contribution in [1.82, 2.24) is 4.31 Å². The van der Waals surface area contributed by atoms with Crippen LogP contribution < -0.4 is 10.4 Å². The Morgan fingerprint density at radius 3 is 1.86 bits per heavy atom. The summed E-state index contributed by atoms with van der Waals surface area (Å²) < 4.78 is 28.7. The van der Waals surface area contributed by atoms with Crippen LogP contribution in [-0.2, 0) is 10.0 Å². The highest BCUT2D eigenvalue weighted by Gasteiger charge is 2.53. The van der Waals surface area contributed by atoms with Crippen LogP contribution in [0, 0.1) is 24.2 Å². The molecule has 4 rings (SSSR count). The quantitative estimate of drug-likeness (QED) is 0.353. The van der Waals surface area contributed by atoms with Crippen LogP contribution in [0.15, 0.2) is 101 Å². The van der Waals surface area contributed by atoms with E-state index in [4.69, 9.17) is 0 Å². The molecule has 36 heavy (non-hydrogen) atoms. The van der Waals surface area contributed by atoms with Gasteiger partial charge in [0, 0.05) is 18.3 Å². The molecule has 0 aliphatic carbocycles. The van der Waals surface area contributed by atoms with E-state index in [1.807, 2.05) is 55.5 Å². The Hall–Kier alpha value is -2.98. The third-order valence-corrected chi connectivity index (χ3v) is 15.1. The zero-order chi connectivity index (χ0) is 26.1. The number of aryl methyl sites for hydroxylation is 1. The van der Waals surface area contributed by atoms with Gasteiger partial charge < -0.3 is 0 Å². The molecular weight excluding hydrogens is 480 g/mol. The summed E-state index contributed by atoms with van der Waals surface area (Å²) in [4.78, 5) is 0.297. The fraction of sp³-hybridized carbons (Fsp3) is 0.300. The van der Waals surface area contributed by atoms with Gasteiger partial charge in [-0.2, -0.15) is 9.57 Å². The highest BCUT2D eigenvalue weighted by molar-refractivity contribution is 7.89. The molecule has 3 aromatic rings. The lowest BCUT2D eigenvalue weighted by molar-refractivity contribution is 0.464. The molecule has 186 valence electrons. The fourth-order valence-corrected chi connectivity index (χ4v) is 12.9. The summed E-state index contributed by atoms with van der Waals surface area (Å²) in [6.07, 6.45) is 0. The molecule has 1 fully saturated rings. The van der Waals surface area contributed by atoms with E-state index in [0.717, 1.165) is 16.3 Å². The summed E-state index contributed by atoms with van der Waals surface area (Å²) >= 11 is 0. The van der Waals surface area contributed by atoms with Gasteiger partial charge in [-0.25, -0.2) is 8.42 Å². The number of sulfonamides is 1. The van der Waals surface area contributed by atoms with Crippen molar-refractivity contribution in [3.8, 4) is 6.07 Å². The largest absolute Gasteiger partial charge is 0.243 e. The maximum Gasteiger partial charge on any atom is 0.243 e. The molecule has 1 unspecified atom stereocenters. The summed E-state index contributed by atoms with van der Waals surface area (Å²) in [5.74, 6) is -0.0541. The molecule has 0 radical (unpaired) electrons. The SMILES string of the molecule is Cc1ccc(S(=O)(=O)N2C/C(=C(\C#N)[Si](c3ccccc3)(c3ccccc3)C(C)(C)C)C(C)C2)cc1. The first kappa shape index (κ1) is 26.1. The molecule has 1 aliphatic rings. The minimum absolute atomic E-state index is 0.0541. The van der Waals surface area contributed by atoms with Crippen molar-refractivity contribution >= 4 is 28.5 Å². The Morgan fingerprint density at radius 1 is 0.917 bits per heavy atom. The first-order chi connectivity index (χ1) is 17.0. The van der Waals surface area contributed by atoms with Gasteiger partial charge in [0.05, 0.1) is 11.0 Å². The highest BCUT2D eigenvalue weighted by Crippen LogP contribution is 2.43. The van der Waals surface area contributed by atoms with Gasteiger partial charge >= 0.3 is 0 Å². The third-order valence-electron chi connectivity index (χ3n) is 7.42. The van der Waals surface area contributed by atoms with Crippen molar-refractivity contribution in [1.29, 1.82) is 5.26 Å². The van der Waals surface area contributed by atoms with E-state index in [2.05, 4.69) is 58.0 Å². The lowest BCUT2D eigenvalue weighted by Crippen LogP contribution is -2.66. The molecule has 0 bridgehead atoms. The summed E-state index contributed by atoms with van der Waals surface area (Å²) in [7, 11) is -6.53. The van der Waals surface area contributed by atoms with Crippen LogP contribution in [0.3, 0.4) is 0 Å². The van der Waals surface area contributed by atoms with Crippen LogP contribution in [0.2, 0.25) is 5.04 Å². The molecule has 0 N–H and O–H groups in total. The van der Waals surface area contributed by atoms with Crippen molar-refractivity contribution in [2.24, 2.45) is 5.92 Å². The summed E-state index contributed by atoms with van der Waals surface area (Å²) in [6, 6.07) is 30.4. The van der Waals surface area contributed by atoms with Gasteiger partial charge in [-0.3, -0.25) is 0 Å². The summed E-state index contributed by atoms with van der Waals surface area (Å²) in [5, 5.41) is 13.7. The summed E-state index contributed by atoms with van der Waals surface area (Å²) in [6.45, 7) is 11.3. The van der Waals surface area contributed by atoms with Crippen LogP contribution in [0.5, 0.6) is 0 Å². The first-order valence-corrected chi connectivity index (χ1v) is 15.8. The molecular formula is C30H34N2O2SSi. The number of allylic oxidation sites excluding steroid dienone is 1. The van der Waals surface area contributed by atoms with E-state index in [9.17, 15) is 13.7 Å². The zero-order valence-electron chi connectivity index (χ0n) is 21.7. The lowest BCUT2D eigenvalue weighted by Gasteiger charge is -2.44. The van der Waals surface area contributed by atoms with E-state index < -0.39 is 18.1 Å². The van der Waals surface area contributed by atoms with Crippen molar-refractivity contribution in [3.05, 3.63) is 101 Å². The average molecular weight is 515 g/mol. The van der Waals surface area contributed by atoms with Gasteiger partial charge in [-0.15, -0.1) is 0 Å². The Bertz CT molecular complexity index is 1360. The Kier molecular flexibility index (Phi) is 7.11. The Labute approximate surface area is 217 Å². The van der Waals surface area contributed by atoms with E-state index in [-0.39, 0.29) is 17.5 Å². The predicted molar refractivity (Wildman–Crippen MR) is 149 cm³/mol. The predicted octanol–water partition coefficient (Wildman–Crippen LogP) is 5.06. The smallest absolute Gasteiger partial charge is 0.207 e. The fourth-order valence-electron chi connectivity index (χ4n) is 5.66. The highest BCUT2D eigenvalue weighted by atomic mass is 32.2. The molecule has 1 aliphatic heterocycles. The number of nitriles is 1. The van der Waals surface area contributed by atoms with Gasteiger partial charge in [-0.05, 0) is 46.0 Å². The van der Waals surface area contributed by atoms with Gasteiger partial charge in [-0.1, -0.05) is 106 Å². The van der Waals surface area contributed by atoms with Crippen LogP contribution in [0.4, 0.5) is 0 Å². The van der Waals surface area contributed by atoms with Crippen molar-refractivity contribution in [2.45, 2.75) is 44.6 Å². The molecule has 1 saturated heterocycles. The minimum atomic E-state index is -3.67. The number of rotatable bonds is 5. The van der Waals surface area contributed by atoms with Gasteiger partial charge in [0.25, 0.3) is 0 Å². The van der Waals surface area contributed by atoms with E-state index in [0.29, 0.717) is 11.4 Å². The zero-order valence-corrected chi connectivity index (χ0v) is 23.5. The minimum Gasteiger partial charge on any atom is -0.207 e. The second-order valence-corrected chi connectivity index (χ2v) is 17.3. The number of hydrogen-bond donors (Lipinski definition) is 0. The molecule has 3 aromatic carbocycles. The Balaban J connectivity index is 1.95. The second-order valence-electron chi connectivity index (χ2n) is 10.8. The molecule has 1 atom stereocenters. The monoisotopic (exact) mass is 514 g/mol. The number of hydrogen-bond acceptors (Lipinski definition) is 3. The maximum atomic E-state index is 13.6. The van der Waals surface area contributed by atoms with Crippen LogP contribution in [0.1, 0.15) is 33.3 Å². The standard InChI is InChI=1S/C30H34N2O2SSi/c1-23-16-18-25(19-17-23)35(33,34)32-21-24(2)28(22-32)29(20-31)36(30(3,4)5,26-12-8-6-9-13-26)27-14-10-7-11-15-27/h6-19,24H,21-22H2,1-5H3/b29-28-. The van der Waals surface area contributed by atoms with E-state index in [1.54, 1.807) is 16.4 Å². The molecule has 0 amide bonds. The average Bonchev–Trinajstić information content (AvgIpc) is 3.25. The van der Waals surface area contributed by atoms with Crippen LogP contribution in [-0.4, -0.2) is 33.9 Å². The van der Waals surface area contributed by atoms with Crippen molar-refractivity contribution < 1.29 is 8.42 Å². The molecule has 0 aromatic heterocycles. The van der Waals surface area contributed by atoms with Gasteiger partial charge in [0.2, 0.25) is 10.0 Å². The third kappa shape index (κ3) is 4.36. The normalized spacial score (nSPS) is 18.6. The first-order valence-electron chi connectivity index (χ1n) is 12.3. The second kappa shape index (κ2) is 9.82. The maximum absolute atomic E-state index is 13.6. The van der Waals surface area contributed by atoms with E-state index >= 15 is 0 Å².